The molecule has 0 bridgehead atoms. The third-order valence-electron chi connectivity index (χ3n) is 2.45. The van der Waals surface area contributed by atoms with Crippen LogP contribution in [0.1, 0.15) is 40.5 Å². The van der Waals surface area contributed by atoms with Crippen molar-refractivity contribution in [3.05, 3.63) is 0 Å². The maximum atomic E-state index is 10.9. The van der Waals surface area contributed by atoms with Crippen molar-refractivity contribution in [2.75, 3.05) is 6.54 Å². The van der Waals surface area contributed by atoms with Crippen LogP contribution in [-0.4, -0.2) is 23.7 Å². The van der Waals surface area contributed by atoms with Crippen molar-refractivity contribution in [2.24, 2.45) is 11.3 Å². The number of carboxylic acid groups (broad SMARTS) is 1. The van der Waals surface area contributed by atoms with Gasteiger partial charge in [0.2, 0.25) is 0 Å². The smallest absolute Gasteiger partial charge is 0.320 e. The minimum atomic E-state index is -0.816. The Labute approximate surface area is 97.7 Å². The zero-order chi connectivity index (χ0) is 12.8. The largest absolute Gasteiger partial charge is 0.480 e. The highest BCUT2D eigenvalue weighted by Crippen LogP contribution is 2.17. The third kappa shape index (κ3) is 6.41. The number of carboxylic acids is 1. The highest BCUT2D eigenvalue weighted by Gasteiger charge is 2.20. The molecule has 0 heterocycles. The first-order valence-corrected chi connectivity index (χ1v) is 5.66. The van der Waals surface area contributed by atoms with Gasteiger partial charge in [-0.2, -0.15) is 5.26 Å². The zero-order valence-corrected chi connectivity index (χ0v) is 10.6. The van der Waals surface area contributed by atoms with E-state index in [0.29, 0.717) is 25.3 Å². The van der Waals surface area contributed by atoms with Crippen LogP contribution in [-0.2, 0) is 4.79 Å². The minimum Gasteiger partial charge on any atom is -0.480 e. The molecule has 1 atom stereocenters. The van der Waals surface area contributed by atoms with Crippen LogP contribution in [0.3, 0.4) is 0 Å². The lowest BCUT2D eigenvalue weighted by molar-refractivity contribution is -0.139. The molecule has 92 valence electrons. The number of aliphatic carboxylic acids is 1. The van der Waals surface area contributed by atoms with Crippen LogP contribution in [0.5, 0.6) is 0 Å². The van der Waals surface area contributed by atoms with E-state index in [4.69, 9.17) is 10.4 Å². The summed E-state index contributed by atoms with van der Waals surface area (Å²) in [6.45, 7) is 8.26. The molecule has 0 amide bonds. The molecule has 0 aliphatic heterocycles. The molecule has 0 aromatic rings. The molecule has 0 rings (SSSR count). The Morgan fingerprint density at radius 2 is 2.06 bits per heavy atom. The van der Waals surface area contributed by atoms with Gasteiger partial charge >= 0.3 is 5.97 Å². The van der Waals surface area contributed by atoms with E-state index in [1.807, 2.05) is 27.7 Å². The molecule has 4 nitrogen and oxygen atoms in total. The first-order chi connectivity index (χ1) is 7.28. The van der Waals surface area contributed by atoms with Crippen LogP contribution < -0.4 is 5.32 Å². The van der Waals surface area contributed by atoms with Crippen molar-refractivity contribution in [3.63, 3.8) is 0 Å². The van der Waals surface area contributed by atoms with Gasteiger partial charge in [0.25, 0.3) is 0 Å². The Morgan fingerprint density at radius 3 is 2.44 bits per heavy atom. The summed E-state index contributed by atoms with van der Waals surface area (Å²) in [6.07, 6.45) is 1.27. The quantitative estimate of drug-likeness (QED) is 0.696. The summed E-state index contributed by atoms with van der Waals surface area (Å²) in [7, 11) is 0. The highest BCUT2D eigenvalue weighted by molar-refractivity contribution is 5.73. The van der Waals surface area contributed by atoms with Gasteiger partial charge < -0.3 is 10.4 Å². The van der Waals surface area contributed by atoms with Crippen LogP contribution in [0.4, 0.5) is 0 Å². The van der Waals surface area contributed by atoms with E-state index in [0.717, 1.165) is 0 Å². The van der Waals surface area contributed by atoms with Gasteiger partial charge in [-0.15, -0.1) is 0 Å². The number of nitriles is 1. The van der Waals surface area contributed by atoms with Crippen molar-refractivity contribution in [1.29, 1.82) is 5.26 Å². The van der Waals surface area contributed by atoms with E-state index in [1.54, 1.807) is 0 Å². The van der Waals surface area contributed by atoms with Crippen LogP contribution in [0.25, 0.3) is 0 Å². The molecule has 0 aromatic carbocycles. The predicted octanol–water partition coefficient (Wildman–Crippen LogP) is 2.02. The van der Waals surface area contributed by atoms with Crippen molar-refractivity contribution < 1.29 is 9.90 Å². The summed E-state index contributed by atoms with van der Waals surface area (Å²) >= 11 is 0. The van der Waals surface area contributed by atoms with Crippen molar-refractivity contribution in [1.82, 2.24) is 5.32 Å². The van der Waals surface area contributed by atoms with Crippen molar-refractivity contribution in [3.8, 4) is 6.07 Å². The van der Waals surface area contributed by atoms with Gasteiger partial charge in [0, 0.05) is 0 Å². The molecule has 4 heteroatoms. The normalized spacial score (nSPS) is 13.5. The van der Waals surface area contributed by atoms with E-state index >= 15 is 0 Å². The lowest BCUT2D eigenvalue weighted by atomic mass is 9.91. The topological polar surface area (TPSA) is 73.1 Å². The number of rotatable bonds is 7. The fraction of sp³-hybridized carbons (Fsp3) is 0.833. The van der Waals surface area contributed by atoms with E-state index in [2.05, 4.69) is 11.4 Å². The molecular weight excluding hydrogens is 204 g/mol. The van der Waals surface area contributed by atoms with Gasteiger partial charge in [0.1, 0.15) is 6.04 Å². The van der Waals surface area contributed by atoms with Crippen molar-refractivity contribution >= 4 is 5.97 Å². The Morgan fingerprint density at radius 1 is 1.50 bits per heavy atom. The molecule has 0 aliphatic carbocycles. The monoisotopic (exact) mass is 226 g/mol. The van der Waals surface area contributed by atoms with Gasteiger partial charge in [-0.3, -0.25) is 4.79 Å². The molecule has 1 unspecified atom stereocenters. The van der Waals surface area contributed by atoms with Gasteiger partial charge in [-0.1, -0.05) is 13.8 Å². The summed E-state index contributed by atoms with van der Waals surface area (Å²) in [5.41, 5.74) is -0.395. The summed E-state index contributed by atoms with van der Waals surface area (Å²) in [6, 6.07) is 1.69. The van der Waals surface area contributed by atoms with Crippen LogP contribution in [0, 0.1) is 22.7 Å². The van der Waals surface area contributed by atoms with Gasteiger partial charge in [-0.25, -0.2) is 0 Å². The second-order valence-electron chi connectivity index (χ2n) is 5.22. The Kier molecular flexibility index (Phi) is 6.05. The molecular formula is C12H22N2O2. The maximum Gasteiger partial charge on any atom is 0.320 e. The van der Waals surface area contributed by atoms with Gasteiger partial charge in [0.15, 0.2) is 0 Å². The summed E-state index contributed by atoms with van der Waals surface area (Å²) < 4.78 is 0. The zero-order valence-electron chi connectivity index (χ0n) is 10.6. The molecule has 0 aliphatic rings. The number of carbonyl (C=O) groups is 1. The molecule has 0 saturated heterocycles. The average Bonchev–Trinajstić information content (AvgIpc) is 2.15. The number of nitrogens with zero attached hydrogens (tertiary/aromatic N) is 1. The van der Waals surface area contributed by atoms with Crippen LogP contribution in [0.2, 0.25) is 0 Å². The fourth-order valence-electron chi connectivity index (χ4n) is 1.36. The Hall–Kier alpha value is -1.08. The molecule has 0 aromatic heterocycles. The maximum absolute atomic E-state index is 10.9. The number of hydrogen-bond donors (Lipinski definition) is 2. The first kappa shape index (κ1) is 14.9. The Bertz CT molecular complexity index is 267. The summed E-state index contributed by atoms with van der Waals surface area (Å²) in [5.74, 6) is -0.471. The van der Waals surface area contributed by atoms with E-state index in [1.165, 1.54) is 0 Å². The lowest BCUT2D eigenvalue weighted by Gasteiger charge is -2.19. The second kappa shape index (κ2) is 6.49. The van der Waals surface area contributed by atoms with Gasteiger partial charge in [0.05, 0.1) is 11.5 Å². The third-order valence-corrected chi connectivity index (χ3v) is 2.45. The lowest BCUT2D eigenvalue weighted by Crippen LogP contribution is -2.39. The second-order valence-corrected chi connectivity index (χ2v) is 5.22. The molecule has 16 heavy (non-hydrogen) atoms. The first-order valence-electron chi connectivity index (χ1n) is 5.66. The van der Waals surface area contributed by atoms with Crippen LogP contribution >= 0.6 is 0 Å². The molecule has 0 radical (unpaired) electrons. The number of nitrogens with one attached hydrogen (secondary N) is 1. The fourth-order valence-corrected chi connectivity index (χ4v) is 1.36. The minimum absolute atomic E-state index is 0.345. The predicted molar refractivity (Wildman–Crippen MR) is 62.9 cm³/mol. The van der Waals surface area contributed by atoms with E-state index in [9.17, 15) is 4.79 Å². The van der Waals surface area contributed by atoms with E-state index < -0.39 is 17.4 Å². The standard InChI is InChI=1S/C12H22N2O2/c1-9(2)7-10(11(15)16)14-6-5-12(3,4)8-13/h9-10,14H,5-7H2,1-4H3,(H,15,16). The van der Waals surface area contributed by atoms with Crippen LogP contribution in [0.15, 0.2) is 0 Å². The average molecular weight is 226 g/mol. The van der Waals surface area contributed by atoms with E-state index in [-0.39, 0.29) is 0 Å². The summed E-state index contributed by atoms with van der Waals surface area (Å²) in [4.78, 5) is 10.9. The van der Waals surface area contributed by atoms with Gasteiger partial charge in [-0.05, 0) is 39.2 Å². The molecule has 2 N–H and O–H groups in total. The molecule has 0 spiro atoms. The molecule has 0 saturated carbocycles. The highest BCUT2D eigenvalue weighted by atomic mass is 16.4. The molecule has 0 fully saturated rings. The van der Waals surface area contributed by atoms with Crippen molar-refractivity contribution in [2.45, 2.75) is 46.6 Å². The SMILES string of the molecule is CC(C)CC(NCCC(C)(C)C#N)C(=O)O. The summed E-state index contributed by atoms with van der Waals surface area (Å²) in [5, 5.41) is 20.8. The Balaban J connectivity index is 4.05. The number of hydrogen-bond acceptors (Lipinski definition) is 3.